The van der Waals surface area contributed by atoms with Crippen molar-refractivity contribution in [2.45, 2.75) is 52.2 Å². The first-order valence-electron chi connectivity index (χ1n) is 12.8. The van der Waals surface area contributed by atoms with Crippen LogP contribution in [0.3, 0.4) is 0 Å². The molecule has 0 saturated carbocycles. The van der Waals surface area contributed by atoms with Crippen molar-refractivity contribution in [2.75, 3.05) is 49.1 Å². The highest BCUT2D eigenvalue weighted by Gasteiger charge is 2.28. The second kappa shape index (κ2) is 9.90. The fourth-order valence-electron chi connectivity index (χ4n) is 5.15. The molecule has 0 radical (unpaired) electrons. The minimum absolute atomic E-state index is 0.174. The summed E-state index contributed by atoms with van der Waals surface area (Å²) in [6.45, 7) is 11.8. The van der Waals surface area contributed by atoms with Gasteiger partial charge in [-0.1, -0.05) is 12.1 Å². The number of aromatic nitrogens is 1. The Hall–Kier alpha value is -2.84. The van der Waals surface area contributed by atoms with E-state index < -0.39 is 5.60 Å². The first kappa shape index (κ1) is 24.8. The Kier molecular flexibility index (Phi) is 6.83. The molecule has 2 aromatic heterocycles. The zero-order valence-corrected chi connectivity index (χ0v) is 22.5. The summed E-state index contributed by atoms with van der Waals surface area (Å²) in [6.07, 6.45) is 1.89. The van der Waals surface area contributed by atoms with Gasteiger partial charge < -0.3 is 24.5 Å². The molecule has 2 fully saturated rings. The molecular weight excluding hydrogens is 472 g/mol. The Morgan fingerprint density at radius 3 is 2.50 bits per heavy atom. The Morgan fingerprint density at radius 1 is 1.11 bits per heavy atom. The molecular formula is C28H36N4O3S. The summed E-state index contributed by atoms with van der Waals surface area (Å²) in [5.74, 6) is 0. The molecule has 4 heterocycles. The summed E-state index contributed by atoms with van der Waals surface area (Å²) in [6, 6.07) is 13.1. The van der Waals surface area contributed by atoms with Gasteiger partial charge in [-0.15, -0.1) is 11.3 Å². The number of rotatable bonds is 4. The quantitative estimate of drug-likeness (QED) is 0.517. The lowest BCUT2D eigenvalue weighted by Crippen LogP contribution is -2.50. The topological polar surface area (TPSA) is 69.1 Å². The molecule has 0 spiro atoms. The van der Waals surface area contributed by atoms with E-state index in [0.717, 1.165) is 54.9 Å². The van der Waals surface area contributed by atoms with E-state index in [2.05, 4.69) is 53.1 Å². The summed E-state index contributed by atoms with van der Waals surface area (Å²) in [5, 5.41) is 9.92. The monoisotopic (exact) mass is 508 g/mol. The number of carbonyl (C=O) groups excluding carboxylic acids is 1. The van der Waals surface area contributed by atoms with Crippen LogP contribution in [0.25, 0.3) is 21.5 Å². The van der Waals surface area contributed by atoms with Gasteiger partial charge in [0, 0.05) is 48.9 Å². The van der Waals surface area contributed by atoms with Crippen LogP contribution in [0.5, 0.6) is 0 Å². The first-order valence-corrected chi connectivity index (χ1v) is 13.7. The second-order valence-electron chi connectivity index (χ2n) is 10.8. The van der Waals surface area contributed by atoms with Gasteiger partial charge in [-0.3, -0.25) is 0 Å². The standard InChI is InChI=1S/C28H36N4O3S/c1-19-16-24-26(36-19)25(32-11-5-6-22(32)18-33)17-23(29-24)20-7-9-21(10-8-20)30-12-14-31(15-13-30)27(34)35-28(2,3)4/h7-10,16-17,22,33H,5-6,11-15,18H2,1-4H3. The number of anilines is 2. The van der Waals surface area contributed by atoms with Crippen molar-refractivity contribution in [2.24, 2.45) is 0 Å². The molecule has 2 aliphatic heterocycles. The number of thiophene rings is 1. The van der Waals surface area contributed by atoms with Gasteiger partial charge in [-0.2, -0.15) is 0 Å². The number of benzene rings is 1. The third-order valence-corrected chi connectivity index (χ3v) is 8.00. The third kappa shape index (κ3) is 5.15. The maximum Gasteiger partial charge on any atom is 0.410 e. The number of fused-ring (bicyclic) bond motifs is 1. The molecule has 1 amide bonds. The van der Waals surface area contributed by atoms with Gasteiger partial charge in [0.05, 0.1) is 34.2 Å². The fourth-order valence-corrected chi connectivity index (χ4v) is 6.13. The molecule has 8 heteroatoms. The van der Waals surface area contributed by atoms with Gasteiger partial charge >= 0.3 is 6.09 Å². The lowest BCUT2D eigenvalue weighted by atomic mass is 10.1. The number of piperazine rings is 1. The average Bonchev–Trinajstić information content (AvgIpc) is 3.48. The summed E-state index contributed by atoms with van der Waals surface area (Å²) >= 11 is 1.78. The van der Waals surface area contributed by atoms with E-state index in [1.165, 1.54) is 15.3 Å². The van der Waals surface area contributed by atoms with Crippen LogP contribution >= 0.6 is 11.3 Å². The number of carbonyl (C=O) groups is 1. The van der Waals surface area contributed by atoms with E-state index in [-0.39, 0.29) is 18.7 Å². The van der Waals surface area contributed by atoms with Crippen molar-refractivity contribution < 1.29 is 14.6 Å². The molecule has 3 aromatic rings. The molecule has 0 bridgehead atoms. The molecule has 0 aliphatic carbocycles. The first-order chi connectivity index (χ1) is 17.2. The number of nitrogens with zero attached hydrogens (tertiary/aromatic N) is 4. The van der Waals surface area contributed by atoms with E-state index in [1.54, 1.807) is 16.2 Å². The Morgan fingerprint density at radius 2 is 1.83 bits per heavy atom. The SMILES string of the molecule is Cc1cc2nc(-c3ccc(N4CCN(C(=O)OC(C)(C)C)CC4)cc3)cc(N3CCCC3CO)c2s1. The highest BCUT2D eigenvalue weighted by Crippen LogP contribution is 2.39. The molecule has 192 valence electrons. The molecule has 7 nitrogen and oxygen atoms in total. The zero-order chi connectivity index (χ0) is 25.4. The molecule has 5 rings (SSSR count). The predicted molar refractivity (Wildman–Crippen MR) is 147 cm³/mol. The van der Waals surface area contributed by atoms with Crippen LogP contribution in [-0.4, -0.2) is 72.1 Å². The minimum atomic E-state index is -0.476. The van der Waals surface area contributed by atoms with Gasteiger partial charge in [0.15, 0.2) is 0 Å². The number of aliphatic hydroxyl groups is 1. The predicted octanol–water partition coefficient (Wildman–Crippen LogP) is 5.29. The van der Waals surface area contributed by atoms with Gasteiger partial charge in [0.2, 0.25) is 0 Å². The normalized spacial score (nSPS) is 18.8. The van der Waals surface area contributed by atoms with Crippen molar-refractivity contribution in [3.8, 4) is 11.3 Å². The van der Waals surface area contributed by atoms with Gasteiger partial charge in [0.25, 0.3) is 0 Å². The lowest BCUT2D eigenvalue weighted by molar-refractivity contribution is 0.0240. The van der Waals surface area contributed by atoms with Gasteiger partial charge in [-0.25, -0.2) is 9.78 Å². The largest absolute Gasteiger partial charge is 0.444 e. The molecule has 2 aliphatic rings. The fraction of sp³-hybridized carbons (Fsp3) is 0.500. The van der Waals surface area contributed by atoms with Crippen LogP contribution in [0, 0.1) is 6.92 Å². The number of hydrogen-bond acceptors (Lipinski definition) is 7. The van der Waals surface area contributed by atoms with E-state index in [1.807, 2.05) is 20.8 Å². The zero-order valence-electron chi connectivity index (χ0n) is 21.7. The van der Waals surface area contributed by atoms with E-state index in [0.29, 0.717) is 13.1 Å². The summed E-state index contributed by atoms with van der Waals surface area (Å²) in [5.41, 5.74) is 4.92. The van der Waals surface area contributed by atoms with Crippen LogP contribution in [0.15, 0.2) is 36.4 Å². The Balaban J connectivity index is 1.34. The van der Waals surface area contributed by atoms with Gasteiger partial charge in [-0.05, 0) is 64.8 Å². The highest BCUT2D eigenvalue weighted by atomic mass is 32.1. The third-order valence-electron chi connectivity index (χ3n) is 6.94. The number of pyridine rings is 1. The minimum Gasteiger partial charge on any atom is -0.444 e. The van der Waals surface area contributed by atoms with Crippen LogP contribution in [0.4, 0.5) is 16.2 Å². The van der Waals surface area contributed by atoms with Gasteiger partial charge in [0.1, 0.15) is 5.60 Å². The summed E-state index contributed by atoms with van der Waals surface area (Å²) < 4.78 is 6.72. The van der Waals surface area contributed by atoms with Crippen molar-refractivity contribution in [1.82, 2.24) is 9.88 Å². The Bertz CT molecular complexity index is 1230. The number of hydrogen-bond donors (Lipinski definition) is 1. The van der Waals surface area contributed by atoms with Crippen molar-refractivity contribution in [3.63, 3.8) is 0 Å². The van der Waals surface area contributed by atoms with Crippen molar-refractivity contribution in [1.29, 1.82) is 0 Å². The van der Waals surface area contributed by atoms with Crippen LogP contribution in [0.2, 0.25) is 0 Å². The maximum absolute atomic E-state index is 12.4. The molecule has 1 atom stereocenters. The molecule has 2 saturated heterocycles. The number of aryl methyl sites for hydroxylation is 1. The molecule has 1 aromatic carbocycles. The number of ether oxygens (including phenoxy) is 1. The second-order valence-corrected chi connectivity index (χ2v) is 12.0. The number of aliphatic hydroxyl groups excluding tert-OH is 1. The van der Waals surface area contributed by atoms with Crippen molar-refractivity contribution >= 4 is 39.0 Å². The average molecular weight is 509 g/mol. The lowest BCUT2D eigenvalue weighted by Gasteiger charge is -2.36. The highest BCUT2D eigenvalue weighted by molar-refractivity contribution is 7.19. The van der Waals surface area contributed by atoms with Crippen LogP contribution in [-0.2, 0) is 4.74 Å². The van der Waals surface area contributed by atoms with E-state index in [9.17, 15) is 9.90 Å². The maximum atomic E-state index is 12.4. The smallest absolute Gasteiger partial charge is 0.410 e. The Labute approximate surface area is 217 Å². The summed E-state index contributed by atoms with van der Waals surface area (Å²) in [7, 11) is 0. The van der Waals surface area contributed by atoms with Crippen molar-refractivity contribution in [3.05, 3.63) is 41.3 Å². The molecule has 1 unspecified atom stereocenters. The van der Waals surface area contributed by atoms with Crippen LogP contribution in [0.1, 0.15) is 38.5 Å². The molecule has 1 N–H and O–H groups in total. The van der Waals surface area contributed by atoms with E-state index in [4.69, 9.17) is 9.72 Å². The summed E-state index contributed by atoms with van der Waals surface area (Å²) in [4.78, 5) is 25.1. The molecule has 36 heavy (non-hydrogen) atoms. The van der Waals surface area contributed by atoms with Crippen LogP contribution < -0.4 is 9.80 Å². The number of amides is 1. The van der Waals surface area contributed by atoms with E-state index >= 15 is 0 Å².